The number of fused-ring (bicyclic) bond motifs is 1. The summed E-state index contributed by atoms with van der Waals surface area (Å²) in [6.45, 7) is 5.89. The van der Waals surface area contributed by atoms with Crippen molar-refractivity contribution in [3.05, 3.63) is 58.9 Å². The maximum atomic E-state index is 12.6. The summed E-state index contributed by atoms with van der Waals surface area (Å²) >= 11 is 0. The molecule has 34 heavy (non-hydrogen) atoms. The van der Waals surface area contributed by atoms with Gasteiger partial charge in [0.05, 0.1) is 37.1 Å². The summed E-state index contributed by atoms with van der Waals surface area (Å²) in [7, 11) is 0. The molecule has 182 valence electrons. The minimum absolute atomic E-state index is 0.144. The van der Waals surface area contributed by atoms with Gasteiger partial charge >= 0.3 is 12.1 Å². The number of carbonyl (C=O) groups is 3. The highest BCUT2D eigenvalue weighted by Gasteiger charge is 2.30. The third kappa shape index (κ3) is 6.46. The molecule has 2 heterocycles. The molecule has 1 N–H and O–H groups in total. The van der Waals surface area contributed by atoms with Crippen LogP contribution in [0.25, 0.3) is 6.08 Å². The molecule has 0 unspecified atom stereocenters. The molecule has 0 radical (unpaired) electrons. The molecule has 0 atom stereocenters. The van der Waals surface area contributed by atoms with E-state index in [0.29, 0.717) is 24.3 Å². The van der Waals surface area contributed by atoms with Gasteiger partial charge in [0.2, 0.25) is 11.8 Å². The molecule has 11 heteroatoms. The van der Waals surface area contributed by atoms with Gasteiger partial charge in [-0.2, -0.15) is 18.3 Å². The second-order valence-corrected chi connectivity index (χ2v) is 8.72. The lowest BCUT2D eigenvalue weighted by Gasteiger charge is -2.28. The maximum absolute atomic E-state index is 12.6. The van der Waals surface area contributed by atoms with Crippen molar-refractivity contribution in [3.8, 4) is 0 Å². The summed E-state index contributed by atoms with van der Waals surface area (Å²) in [5.74, 6) is -1.44. The fourth-order valence-corrected chi connectivity index (χ4v) is 3.25. The van der Waals surface area contributed by atoms with E-state index in [1.54, 1.807) is 25.5 Å². The van der Waals surface area contributed by atoms with E-state index in [1.165, 1.54) is 29.3 Å². The van der Waals surface area contributed by atoms with Crippen molar-refractivity contribution in [2.24, 2.45) is 0 Å². The highest BCUT2D eigenvalue weighted by atomic mass is 19.4. The Morgan fingerprint density at radius 3 is 2.41 bits per heavy atom. The Balaban J connectivity index is 1.54. The molecule has 0 spiro atoms. The van der Waals surface area contributed by atoms with Gasteiger partial charge in [-0.1, -0.05) is 12.1 Å². The van der Waals surface area contributed by atoms with Gasteiger partial charge in [0, 0.05) is 12.6 Å². The normalized spacial score (nSPS) is 14.1. The van der Waals surface area contributed by atoms with Crippen molar-refractivity contribution in [2.45, 2.75) is 45.6 Å². The molecule has 0 bridgehead atoms. The smallest absolute Gasteiger partial charge is 0.416 e. The number of esters is 1. The predicted molar refractivity (Wildman–Crippen MR) is 116 cm³/mol. The minimum atomic E-state index is -4.43. The number of rotatable bonds is 5. The first-order chi connectivity index (χ1) is 15.8. The van der Waals surface area contributed by atoms with E-state index < -0.39 is 29.2 Å². The number of nitrogens with zero attached hydrogens (tertiary/aromatic N) is 3. The number of carbonyl (C=O) groups excluding carboxylic acids is 3. The standard InChI is InChI=1S/C23H25F3N4O4/c1-22(2,3)34-21(33)17-12-28-30-11-10-29(14-18(17)30)20(32)13-27-19(31)9-6-15-4-7-16(8-5-15)23(24,25)26/h4-9,12H,10-11,13-14H2,1-3H3,(H,27,31)/b9-6+. The number of nitrogens with one attached hydrogen (secondary N) is 1. The van der Waals surface area contributed by atoms with Crippen LogP contribution in [0, 0.1) is 0 Å². The van der Waals surface area contributed by atoms with Crippen molar-refractivity contribution in [1.82, 2.24) is 20.0 Å². The maximum Gasteiger partial charge on any atom is 0.416 e. The molecule has 1 aliphatic heterocycles. The number of amides is 2. The van der Waals surface area contributed by atoms with E-state index in [2.05, 4.69) is 10.4 Å². The van der Waals surface area contributed by atoms with Crippen LogP contribution >= 0.6 is 0 Å². The number of halogens is 3. The Morgan fingerprint density at radius 1 is 1.12 bits per heavy atom. The fraction of sp³-hybridized carbons (Fsp3) is 0.391. The van der Waals surface area contributed by atoms with Crippen LogP contribution in [-0.4, -0.2) is 51.2 Å². The van der Waals surface area contributed by atoms with Crippen molar-refractivity contribution in [2.75, 3.05) is 13.1 Å². The van der Waals surface area contributed by atoms with Gasteiger partial charge in [-0.3, -0.25) is 14.3 Å². The Bertz CT molecular complexity index is 1100. The summed E-state index contributed by atoms with van der Waals surface area (Å²) in [4.78, 5) is 38.6. The van der Waals surface area contributed by atoms with Gasteiger partial charge in [-0.25, -0.2) is 4.79 Å². The van der Waals surface area contributed by atoms with E-state index in [0.717, 1.165) is 18.2 Å². The summed E-state index contributed by atoms with van der Waals surface area (Å²) in [6, 6.07) is 4.34. The van der Waals surface area contributed by atoms with Crippen LogP contribution in [0.15, 0.2) is 36.5 Å². The number of ether oxygens (including phenoxy) is 1. The zero-order valence-corrected chi connectivity index (χ0v) is 19.0. The van der Waals surface area contributed by atoms with E-state index in [9.17, 15) is 27.6 Å². The average molecular weight is 478 g/mol. The fourth-order valence-electron chi connectivity index (χ4n) is 3.25. The first-order valence-corrected chi connectivity index (χ1v) is 10.5. The lowest BCUT2D eigenvalue weighted by molar-refractivity contribution is -0.137. The molecule has 3 rings (SSSR count). The highest BCUT2D eigenvalue weighted by molar-refractivity contribution is 5.94. The number of aromatic nitrogens is 2. The van der Waals surface area contributed by atoms with Crippen LogP contribution in [-0.2, 0) is 33.6 Å². The van der Waals surface area contributed by atoms with Gasteiger partial charge in [-0.15, -0.1) is 0 Å². The van der Waals surface area contributed by atoms with Gasteiger partial charge < -0.3 is 15.0 Å². The Hall–Kier alpha value is -3.63. The predicted octanol–water partition coefficient (Wildman–Crippen LogP) is 3.03. The molecular formula is C23H25F3N4O4. The highest BCUT2D eigenvalue weighted by Crippen LogP contribution is 2.29. The first kappa shape index (κ1) is 25.0. The molecule has 0 aliphatic carbocycles. The lowest BCUT2D eigenvalue weighted by Crippen LogP contribution is -2.44. The average Bonchev–Trinajstić information content (AvgIpc) is 3.18. The lowest BCUT2D eigenvalue weighted by atomic mass is 10.1. The van der Waals surface area contributed by atoms with E-state index in [4.69, 9.17) is 4.74 Å². The Kier molecular flexibility index (Phi) is 7.13. The first-order valence-electron chi connectivity index (χ1n) is 10.5. The quantitative estimate of drug-likeness (QED) is 0.527. The van der Waals surface area contributed by atoms with Gasteiger partial charge in [0.25, 0.3) is 0 Å². The van der Waals surface area contributed by atoms with Crippen LogP contribution in [0.2, 0.25) is 0 Å². The third-order valence-electron chi connectivity index (χ3n) is 4.92. The largest absolute Gasteiger partial charge is 0.456 e. The van der Waals surface area contributed by atoms with Gasteiger partial charge in [0.15, 0.2) is 0 Å². The van der Waals surface area contributed by atoms with Crippen molar-refractivity contribution < 1.29 is 32.3 Å². The topological polar surface area (TPSA) is 93.5 Å². The Morgan fingerprint density at radius 2 is 1.79 bits per heavy atom. The van der Waals surface area contributed by atoms with Crippen LogP contribution in [0.4, 0.5) is 13.2 Å². The summed E-state index contributed by atoms with van der Waals surface area (Å²) in [5.41, 5.74) is -0.196. The SMILES string of the molecule is CC(C)(C)OC(=O)c1cnn2c1CN(C(=O)CNC(=O)/C=C/c1ccc(C(F)(F)F)cc1)CC2. The van der Waals surface area contributed by atoms with Gasteiger partial charge in [0.1, 0.15) is 11.2 Å². The van der Waals surface area contributed by atoms with Crippen LogP contribution < -0.4 is 5.32 Å². The number of hydrogen-bond donors (Lipinski definition) is 1. The summed E-state index contributed by atoms with van der Waals surface area (Å²) in [6.07, 6.45) is -0.515. The monoisotopic (exact) mass is 478 g/mol. The molecule has 2 amide bonds. The second-order valence-electron chi connectivity index (χ2n) is 8.72. The minimum Gasteiger partial charge on any atom is -0.456 e. The molecule has 0 saturated carbocycles. The number of hydrogen-bond acceptors (Lipinski definition) is 5. The van der Waals surface area contributed by atoms with Crippen LogP contribution in [0.3, 0.4) is 0 Å². The van der Waals surface area contributed by atoms with Gasteiger partial charge in [-0.05, 0) is 44.5 Å². The van der Waals surface area contributed by atoms with Crippen molar-refractivity contribution in [3.63, 3.8) is 0 Å². The zero-order valence-electron chi connectivity index (χ0n) is 19.0. The molecule has 8 nitrogen and oxygen atoms in total. The summed E-state index contributed by atoms with van der Waals surface area (Å²) < 4.78 is 44.9. The van der Waals surface area contributed by atoms with Crippen LogP contribution in [0.1, 0.15) is 48.0 Å². The van der Waals surface area contributed by atoms with E-state index >= 15 is 0 Å². The molecule has 0 fully saturated rings. The second kappa shape index (κ2) is 9.70. The molecule has 1 aromatic heterocycles. The molecular weight excluding hydrogens is 453 g/mol. The van der Waals surface area contributed by atoms with E-state index in [-0.39, 0.29) is 24.6 Å². The van der Waals surface area contributed by atoms with E-state index in [1.807, 2.05) is 0 Å². The van der Waals surface area contributed by atoms with Crippen molar-refractivity contribution in [1.29, 1.82) is 0 Å². The zero-order chi connectivity index (χ0) is 25.1. The third-order valence-corrected chi connectivity index (χ3v) is 4.92. The number of alkyl halides is 3. The molecule has 2 aromatic rings. The molecule has 1 aliphatic rings. The Labute approximate surface area is 194 Å². The number of benzene rings is 1. The molecule has 1 aromatic carbocycles. The summed E-state index contributed by atoms with van der Waals surface area (Å²) in [5, 5.41) is 6.65. The molecule has 0 saturated heterocycles. The van der Waals surface area contributed by atoms with Crippen LogP contribution in [0.5, 0.6) is 0 Å². The van der Waals surface area contributed by atoms with Crippen molar-refractivity contribution >= 4 is 23.9 Å².